The molecule has 24 heavy (non-hydrogen) atoms. The van der Waals surface area contributed by atoms with Gasteiger partial charge in [0.2, 0.25) is 0 Å². The molecule has 2 aromatic carbocycles. The molecule has 2 aromatic rings. The first-order valence-electron chi connectivity index (χ1n) is 7.37. The Hall–Kier alpha value is -3.02. The molecular formula is C18H20N2O4. The van der Waals surface area contributed by atoms with Gasteiger partial charge in [-0.15, -0.1) is 0 Å². The van der Waals surface area contributed by atoms with Crippen molar-refractivity contribution in [2.45, 2.75) is 6.92 Å². The van der Waals surface area contributed by atoms with Gasteiger partial charge in [0.15, 0.2) is 18.1 Å². The van der Waals surface area contributed by atoms with Crippen LogP contribution in [-0.4, -0.2) is 32.4 Å². The van der Waals surface area contributed by atoms with Crippen LogP contribution in [0.4, 0.5) is 0 Å². The van der Waals surface area contributed by atoms with Crippen molar-refractivity contribution in [3.05, 3.63) is 54.1 Å². The molecule has 0 bridgehead atoms. The van der Waals surface area contributed by atoms with Crippen LogP contribution < -0.4 is 19.6 Å². The number of nitrogens with one attached hydrogen (secondary N) is 1. The van der Waals surface area contributed by atoms with Gasteiger partial charge < -0.3 is 14.2 Å². The lowest BCUT2D eigenvalue weighted by Gasteiger charge is -2.09. The number of para-hydroxylation sites is 1. The third-order valence-corrected chi connectivity index (χ3v) is 3.26. The molecule has 0 unspecified atom stereocenters. The molecule has 0 aromatic heterocycles. The molecule has 0 aliphatic carbocycles. The number of hydrazone groups is 1. The molecule has 6 nitrogen and oxygen atoms in total. The van der Waals surface area contributed by atoms with Crippen LogP contribution >= 0.6 is 0 Å². The van der Waals surface area contributed by atoms with E-state index in [4.69, 9.17) is 14.2 Å². The first kappa shape index (κ1) is 17.3. The largest absolute Gasteiger partial charge is 0.493 e. The minimum absolute atomic E-state index is 0.104. The van der Waals surface area contributed by atoms with E-state index in [9.17, 15) is 4.79 Å². The smallest absolute Gasteiger partial charge is 0.277 e. The number of hydrogen-bond acceptors (Lipinski definition) is 5. The molecule has 1 N–H and O–H groups in total. The number of amides is 1. The summed E-state index contributed by atoms with van der Waals surface area (Å²) in [6.45, 7) is 1.69. The van der Waals surface area contributed by atoms with E-state index in [1.54, 1.807) is 45.4 Å². The maximum atomic E-state index is 11.8. The number of ether oxygens (including phenoxy) is 3. The van der Waals surface area contributed by atoms with Gasteiger partial charge in [-0.3, -0.25) is 4.79 Å². The van der Waals surface area contributed by atoms with Crippen molar-refractivity contribution in [1.82, 2.24) is 5.43 Å². The summed E-state index contributed by atoms with van der Waals surface area (Å²) in [7, 11) is 3.14. The molecule has 0 spiro atoms. The van der Waals surface area contributed by atoms with Gasteiger partial charge in [-0.25, -0.2) is 5.43 Å². The Morgan fingerprint density at radius 1 is 1.04 bits per heavy atom. The molecule has 0 radical (unpaired) electrons. The summed E-state index contributed by atoms with van der Waals surface area (Å²) in [6, 6.07) is 14.5. The molecule has 0 heterocycles. The topological polar surface area (TPSA) is 69.2 Å². The summed E-state index contributed by atoms with van der Waals surface area (Å²) in [5, 5.41) is 4.08. The average Bonchev–Trinajstić information content (AvgIpc) is 2.64. The Morgan fingerprint density at radius 3 is 2.42 bits per heavy atom. The fourth-order valence-electron chi connectivity index (χ4n) is 1.97. The lowest BCUT2D eigenvalue weighted by atomic mass is 10.1. The fraction of sp³-hybridized carbons (Fsp3) is 0.222. The third-order valence-electron chi connectivity index (χ3n) is 3.26. The molecular weight excluding hydrogens is 308 g/mol. The summed E-state index contributed by atoms with van der Waals surface area (Å²) in [5.74, 6) is 1.53. The number of methoxy groups -OCH3 is 2. The number of carbonyl (C=O) groups is 1. The summed E-state index contributed by atoms with van der Waals surface area (Å²) >= 11 is 0. The number of benzene rings is 2. The third kappa shape index (κ3) is 4.74. The summed E-state index contributed by atoms with van der Waals surface area (Å²) in [4.78, 5) is 11.8. The molecule has 6 heteroatoms. The van der Waals surface area contributed by atoms with Crippen molar-refractivity contribution >= 4 is 11.6 Å². The van der Waals surface area contributed by atoms with E-state index in [2.05, 4.69) is 10.5 Å². The van der Waals surface area contributed by atoms with E-state index in [0.29, 0.717) is 23.0 Å². The van der Waals surface area contributed by atoms with E-state index in [0.717, 1.165) is 5.56 Å². The lowest BCUT2D eigenvalue weighted by molar-refractivity contribution is -0.123. The van der Waals surface area contributed by atoms with Crippen molar-refractivity contribution in [2.24, 2.45) is 5.10 Å². The Bertz CT molecular complexity index is 714. The molecule has 0 saturated carbocycles. The Morgan fingerprint density at radius 2 is 1.75 bits per heavy atom. The van der Waals surface area contributed by atoms with Crippen molar-refractivity contribution in [1.29, 1.82) is 0 Å². The standard InChI is InChI=1S/C18H20N2O4/c1-13(14-9-10-16(22-2)17(11-14)23-3)19-20-18(21)12-24-15-7-5-4-6-8-15/h4-11H,12H2,1-3H3,(H,20,21). The van der Waals surface area contributed by atoms with E-state index < -0.39 is 0 Å². The monoisotopic (exact) mass is 328 g/mol. The van der Waals surface area contributed by atoms with E-state index in [1.807, 2.05) is 24.3 Å². The van der Waals surface area contributed by atoms with Gasteiger partial charge >= 0.3 is 0 Å². The first-order chi connectivity index (χ1) is 11.6. The normalized spacial score (nSPS) is 10.9. The highest BCUT2D eigenvalue weighted by Crippen LogP contribution is 2.27. The first-order valence-corrected chi connectivity index (χ1v) is 7.37. The van der Waals surface area contributed by atoms with Crippen LogP contribution in [0.1, 0.15) is 12.5 Å². The van der Waals surface area contributed by atoms with Crippen molar-refractivity contribution in [3.8, 4) is 17.2 Å². The van der Waals surface area contributed by atoms with Gasteiger partial charge in [-0.1, -0.05) is 18.2 Å². The van der Waals surface area contributed by atoms with Crippen LogP contribution in [-0.2, 0) is 4.79 Å². The van der Waals surface area contributed by atoms with Crippen molar-refractivity contribution in [2.75, 3.05) is 20.8 Å². The Balaban J connectivity index is 1.94. The van der Waals surface area contributed by atoms with E-state index >= 15 is 0 Å². The average molecular weight is 328 g/mol. The summed E-state index contributed by atoms with van der Waals surface area (Å²) < 4.78 is 15.8. The zero-order valence-electron chi connectivity index (χ0n) is 13.9. The number of rotatable bonds is 7. The Labute approximate surface area is 141 Å². The summed E-state index contributed by atoms with van der Waals surface area (Å²) in [6.07, 6.45) is 0. The second kappa shape index (κ2) is 8.57. The number of carbonyl (C=O) groups excluding carboxylic acids is 1. The molecule has 0 fully saturated rings. The van der Waals surface area contributed by atoms with Gasteiger partial charge in [-0.05, 0) is 37.3 Å². The highest BCUT2D eigenvalue weighted by atomic mass is 16.5. The molecule has 0 aliphatic rings. The number of hydrogen-bond donors (Lipinski definition) is 1. The van der Waals surface area contributed by atoms with Crippen LogP contribution in [0.2, 0.25) is 0 Å². The van der Waals surface area contributed by atoms with Crippen LogP contribution in [0.3, 0.4) is 0 Å². The number of nitrogens with zero attached hydrogens (tertiary/aromatic N) is 1. The Kier molecular flexibility index (Phi) is 6.19. The van der Waals surface area contributed by atoms with Crippen LogP contribution in [0, 0.1) is 0 Å². The zero-order valence-corrected chi connectivity index (χ0v) is 13.9. The maximum Gasteiger partial charge on any atom is 0.277 e. The highest BCUT2D eigenvalue weighted by molar-refractivity contribution is 5.99. The van der Waals surface area contributed by atoms with Gasteiger partial charge in [0.05, 0.1) is 19.9 Å². The molecule has 0 saturated heterocycles. The SMILES string of the molecule is COc1ccc(C(C)=NNC(=O)COc2ccccc2)cc1OC. The van der Waals surface area contributed by atoms with Crippen LogP contribution in [0.5, 0.6) is 17.2 Å². The van der Waals surface area contributed by atoms with Crippen LogP contribution in [0.15, 0.2) is 53.6 Å². The molecule has 1 amide bonds. The maximum absolute atomic E-state index is 11.8. The van der Waals surface area contributed by atoms with E-state index in [1.165, 1.54) is 0 Å². The molecule has 0 atom stereocenters. The molecule has 126 valence electrons. The predicted molar refractivity (Wildman–Crippen MR) is 91.8 cm³/mol. The van der Waals surface area contributed by atoms with Crippen LogP contribution in [0.25, 0.3) is 0 Å². The second-order valence-electron chi connectivity index (χ2n) is 4.90. The fourth-order valence-corrected chi connectivity index (χ4v) is 1.97. The highest BCUT2D eigenvalue weighted by Gasteiger charge is 2.07. The molecule has 0 aliphatic heterocycles. The minimum atomic E-state index is -0.335. The molecule has 2 rings (SSSR count). The van der Waals surface area contributed by atoms with E-state index in [-0.39, 0.29) is 12.5 Å². The lowest BCUT2D eigenvalue weighted by Crippen LogP contribution is -2.25. The minimum Gasteiger partial charge on any atom is -0.493 e. The van der Waals surface area contributed by atoms with Gasteiger partial charge in [0.1, 0.15) is 5.75 Å². The van der Waals surface area contributed by atoms with Gasteiger partial charge in [0, 0.05) is 5.56 Å². The van der Waals surface area contributed by atoms with Gasteiger partial charge in [-0.2, -0.15) is 5.10 Å². The van der Waals surface area contributed by atoms with Gasteiger partial charge in [0.25, 0.3) is 5.91 Å². The predicted octanol–water partition coefficient (Wildman–Crippen LogP) is 2.62. The quantitative estimate of drug-likeness (QED) is 0.626. The van der Waals surface area contributed by atoms with Crippen molar-refractivity contribution < 1.29 is 19.0 Å². The zero-order chi connectivity index (χ0) is 17.4. The second-order valence-corrected chi connectivity index (χ2v) is 4.90. The van der Waals surface area contributed by atoms with Crippen molar-refractivity contribution in [3.63, 3.8) is 0 Å². The summed E-state index contributed by atoms with van der Waals surface area (Å²) in [5.41, 5.74) is 3.93.